The molecule has 6 nitrogen and oxygen atoms in total. The summed E-state index contributed by atoms with van der Waals surface area (Å²) in [6, 6.07) is 7.12. The molecule has 3 rings (SSSR count). The van der Waals surface area contributed by atoms with Gasteiger partial charge in [0, 0.05) is 18.4 Å². The number of hydrogen-bond acceptors (Lipinski definition) is 4. The third-order valence-corrected chi connectivity index (χ3v) is 3.85. The fraction of sp³-hybridized carbons (Fsp3) is 0.400. The van der Waals surface area contributed by atoms with Crippen molar-refractivity contribution in [1.29, 1.82) is 0 Å². The van der Waals surface area contributed by atoms with Crippen LogP contribution in [0.3, 0.4) is 0 Å². The van der Waals surface area contributed by atoms with Crippen molar-refractivity contribution in [2.24, 2.45) is 0 Å². The summed E-state index contributed by atoms with van der Waals surface area (Å²) in [5, 5.41) is 17.7. The van der Waals surface area contributed by atoms with Crippen LogP contribution in [0.15, 0.2) is 24.3 Å². The van der Waals surface area contributed by atoms with Gasteiger partial charge in [-0.15, -0.1) is 10.2 Å². The van der Waals surface area contributed by atoms with E-state index in [1.807, 2.05) is 24.3 Å². The highest BCUT2D eigenvalue weighted by molar-refractivity contribution is 5.72. The molecule has 0 aliphatic carbocycles. The zero-order chi connectivity index (χ0) is 14.8. The number of carbonyl (C=O) groups is 1. The van der Waals surface area contributed by atoms with Crippen LogP contribution >= 0.6 is 0 Å². The van der Waals surface area contributed by atoms with Crippen LogP contribution < -0.4 is 4.74 Å². The number of rotatable bonds is 4. The fourth-order valence-corrected chi connectivity index (χ4v) is 2.85. The van der Waals surface area contributed by atoms with Crippen LogP contribution in [0.4, 0.5) is 0 Å². The number of aromatic nitrogens is 3. The largest absolute Gasteiger partial charge is 0.496 e. The molecule has 1 aromatic carbocycles. The number of fused-ring (bicyclic) bond motifs is 1. The number of para-hydroxylation sites is 1. The number of benzene rings is 1. The average Bonchev–Trinajstić information content (AvgIpc) is 2.91. The van der Waals surface area contributed by atoms with Crippen molar-refractivity contribution in [3.8, 4) is 5.75 Å². The molecule has 2 aromatic rings. The molecule has 1 aliphatic heterocycles. The lowest BCUT2D eigenvalue weighted by molar-refractivity contribution is -0.141. The van der Waals surface area contributed by atoms with E-state index in [-0.39, 0.29) is 0 Å². The predicted molar refractivity (Wildman–Crippen MR) is 75.4 cm³/mol. The first-order valence-corrected chi connectivity index (χ1v) is 6.98. The van der Waals surface area contributed by atoms with E-state index < -0.39 is 12.0 Å². The Morgan fingerprint density at radius 3 is 3.00 bits per heavy atom. The monoisotopic (exact) mass is 287 g/mol. The van der Waals surface area contributed by atoms with Crippen LogP contribution in [0.25, 0.3) is 0 Å². The third kappa shape index (κ3) is 2.49. The van der Waals surface area contributed by atoms with Gasteiger partial charge in [0.2, 0.25) is 0 Å². The van der Waals surface area contributed by atoms with Crippen molar-refractivity contribution in [2.75, 3.05) is 7.11 Å². The summed E-state index contributed by atoms with van der Waals surface area (Å²) in [4.78, 5) is 11.4. The van der Waals surface area contributed by atoms with E-state index in [0.717, 1.165) is 30.0 Å². The minimum Gasteiger partial charge on any atom is -0.496 e. The second-order valence-electron chi connectivity index (χ2n) is 5.14. The molecule has 0 saturated heterocycles. The zero-order valence-electron chi connectivity index (χ0n) is 11.8. The topological polar surface area (TPSA) is 77.2 Å². The molecule has 1 atom stereocenters. The minimum absolute atomic E-state index is 0.515. The molecule has 1 aromatic heterocycles. The van der Waals surface area contributed by atoms with E-state index in [4.69, 9.17) is 4.74 Å². The lowest BCUT2D eigenvalue weighted by Gasteiger charge is -2.22. The number of aryl methyl sites for hydroxylation is 1. The van der Waals surface area contributed by atoms with Gasteiger partial charge in [0.1, 0.15) is 23.4 Å². The summed E-state index contributed by atoms with van der Waals surface area (Å²) >= 11 is 0. The van der Waals surface area contributed by atoms with E-state index in [1.165, 1.54) is 0 Å². The summed E-state index contributed by atoms with van der Waals surface area (Å²) in [6.45, 7) is 0. The first-order valence-electron chi connectivity index (χ1n) is 6.98. The summed E-state index contributed by atoms with van der Waals surface area (Å²) in [5.74, 6) is 1.40. The molecule has 110 valence electrons. The Bertz CT molecular complexity index is 666. The van der Waals surface area contributed by atoms with Gasteiger partial charge < -0.3 is 14.4 Å². The first kappa shape index (κ1) is 13.6. The number of nitrogens with zero attached hydrogens (tertiary/aromatic N) is 3. The SMILES string of the molecule is COc1ccccc1Cc1nnc2n1C(C(=O)O)CCC2. The Balaban J connectivity index is 1.97. The molecule has 0 saturated carbocycles. The Kier molecular flexibility index (Phi) is 3.60. The maximum Gasteiger partial charge on any atom is 0.326 e. The highest BCUT2D eigenvalue weighted by Crippen LogP contribution is 2.28. The maximum atomic E-state index is 11.4. The van der Waals surface area contributed by atoms with Gasteiger partial charge in [-0.2, -0.15) is 0 Å². The summed E-state index contributed by atoms with van der Waals surface area (Å²) < 4.78 is 7.11. The van der Waals surface area contributed by atoms with Gasteiger partial charge in [-0.25, -0.2) is 4.79 Å². The molecule has 2 heterocycles. The molecule has 0 bridgehead atoms. The van der Waals surface area contributed by atoms with Crippen molar-refractivity contribution in [1.82, 2.24) is 14.8 Å². The Hall–Kier alpha value is -2.37. The fourth-order valence-electron chi connectivity index (χ4n) is 2.85. The number of aliphatic carboxylic acids is 1. The number of hydrogen-bond donors (Lipinski definition) is 1. The smallest absolute Gasteiger partial charge is 0.326 e. The molecule has 21 heavy (non-hydrogen) atoms. The first-order chi connectivity index (χ1) is 10.2. The zero-order valence-corrected chi connectivity index (χ0v) is 11.8. The second kappa shape index (κ2) is 5.55. The van der Waals surface area contributed by atoms with Crippen LogP contribution in [-0.4, -0.2) is 33.0 Å². The Morgan fingerprint density at radius 2 is 2.24 bits per heavy atom. The third-order valence-electron chi connectivity index (χ3n) is 3.85. The molecule has 1 N–H and O–H groups in total. The highest BCUT2D eigenvalue weighted by atomic mass is 16.5. The molecule has 0 radical (unpaired) electrons. The van der Waals surface area contributed by atoms with Gasteiger partial charge in [-0.05, 0) is 18.9 Å². The summed E-state index contributed by atoms with van der Waals surface area (Å²) in [7, 11) is 1.62. The second-order valence-corrected chi connectivity index (χ2v) is 5.14. The molecule has 1 aliphatic rings. The van der Waals surface area contributed by atoms with E-state index in [2.05, 4.69) is 10.2 Å². The number of carboxylic acids is 1. The van der Waals surface area contributed by atoms with Crippen molar-refractivity contribution in [2.45, 2.75) is 31.7 Å². The molecular weight excluding hydrogens is 270 g/mol. The van der Waals surface area contributed by atoms with Crippen LogP contribution in [0.1, 0.15) is 36.1 Å². The van der Waals surface area contributed by atoms with Crippen molar-refractivity contribution in [3.05, 3.63) is 41.5 Å². The molecule has 0 fully saturated rings. The van der Waals surface area contributed by atoms with Gasteiger partial charge in [-0.1, -0.05) is 18.2 Å². The molecule has 0 amide bonds. The standard InChI is InChI=1S/C15H17N3O3/c1-21-12-7-3-2-5-10(12)9-14-17-16-13-8-4-6-11(15(19)20)18(13)14/h2-3,5,7,11H,4,6,8-9H2,1H3,(H,19,20). The Morgan fingerprint density at radius 1 is 1.43 bits per heavy atom. The Labute approximate surface area is 122 Å². The summed E-state index contributed by atoms with van der Waals surface area (Å²) in [5.41, 5.74) is 0.977. The summed E-state index contributed by atoms with van der Waals surface area (Å²) in [6.07, 6.45) is 2.76. The van der Waals surface area contributed by atoms with Crippen LogP contribution in [0, 0.1) is 0 Å². The number of carboxylic acid groups (broad SMARTS) is 1. The van der Waals surface area contributed by atoms with Gasteiger partial charge >= 0.3 is 5.97 Å². The highest BCUT2D eigenvalue weighted by Gasteiger charge is 2.29. The van der Waals surface area contributed by atoms with E-state index in [1.54, 1.807) is 11.7 Å². The van der Waals surface area contributed by atoms with Gasteiger partial charge in [0.25, 0.3) is 0 Å². The minimum atomic E-state index is -0.822. The van der Waals surface area contributed by atoms with E-state index in [0.29, 0.717) is 18.7 Å². The van der Waals surface area contributed by atoms with E-state index >= 15 is 0 Å². The van der Waals surface area contributed by atoms with Gasteiger partial charge in [-0.3, -0.25) is 0 Å². The lowest BCUT2D eigenvalue weighted by Crippen LogP contribution is -2.26. The number of methoxy groups -OCH3 is 1. The predicted octanol–water partition coefficient (Wildman–Crippen LogP) is 1.84. The molecule has 6 heteroatoms. The van der Waals surface area contributed by atoms with Crippen LogP contribution in [0.5, 0.6) is 5.75 Å². The molecule has 0 spiro atoms. The van der Waals surface area contributed by atoms with Crippen LogP contribution in [0.2, 0.25) is 0 Å². The normalized spacial score (nSPS) is 17.3. The molecule has 1 unspecified atom stereocenters. The van der Waals surface area contributed by atoms with E-state index in [9.17, 15) is 9.90 Å². The van der Waals surface area contributed by atoms with Crippen molar-refractivity contribution < 1.29 is 14.6 Å². The lowest BCUT2D eigenvalue weighted by atomic mass is 10.0. The maximum absolute atomic E-state index is 11.4. The van der Waals surface area contributed by atoms with Gasteiger partial charge in [0.05, 0.1) is 7.11 Å². The molecular formula is C15H17N3O3. The average molecular weight is 287 g/mol. The van der Waals surface area contributed by atoms with Crippen molar-refractivity contribution in [3.63, 3.8) is 0 Å². The van der Waals surface area contributed by atoms with Crippen molar-refractivity contribution >= 4 is 5.97 Å². The van der Waals surface area contributed by atoms with Crippen LogP contribution in [-0.2, 0) is 17.6 Å². The quantitative estimate of drug-likeness (QED) is 0.928. The number of ether oxygens (including phenoxy) is 1. The van der Waals surface area contributed by atoms with Gasteiger partial charge in [0.15, 0.2) is 0 Å².